The third-order valence-corrected chi connectivity index (χ3v) is 3.86. The van der Waals surface area contributed by atoms with Crippen molar-refractivity contribution in [2.75, 3.05) is 11.9 Å². The first-order valence-electron chi connectivity index (χ1n) is 7.93. The molecule has 1 fully saturated rings. The van der Waals surface area contributed by atoms with Crippen LogP contribution in [0.25, 0.3) is 0 Å². The van der Waals surface area contributed by atoms with E-state index in [1.165, 1.54) is 5.56 Å². The van der Waals surface area contributed by atoms with Crippen LogP contribution in [0, 0.1) is 6.92 Å². The van der Waals surface area contributed by atoms with Crippen LogP contribution in [0.5, 0.6) is 11.6 Å². The Morgan fingerprint density at radius 2 is 2.00 bits per heavy atom. The Morgan fingerprint density at radius 1 is 1.24 bits per heavy atom. The van der Waals surface area contributed by atoms with Gasteiger partial charge in [-0.05, 0) is 44.5 Å². The number of ether oxygens (including phenoxy) is 1. The Kier molecular flexibility index (Phi) is 8.69. The van der Waals surface area contributed by atoms with Gasteiger partial charge in [0.15, 0.2) is 0 Å². The molecule has 1 unspecified atom stereocenters. The number of aryl methyl sites for hydroxylation is 1. The Morgan fingerprint density at radius 3 is 2.60 bits per heavy atom. The molecule has 0 radical (unpaired) electrons. The van der Waals surface area contributed by atoms with Crippen molar-refractivity contribution in [1.29, 1.82) is 0 Å². The van der Waals surface area contributed by atoms with Gasteiger partial charge in [0.05, 0.1) is 11.9 Å². The molecule has 1 aliphatic heterocycles. The fourth-order valence-electron chi connectivity index (χ4n) is 2.61. The average Bonchev–Trinajstić information content (AvgIpc) is 3.04. The van der Waals surface area contributed by atoms with Crippen LogP contribution in [-0.2, 0) is 4.79 Å². The molecular formula is C18H23Cl2N3O2. The molecular weight excluding hydrogens is 361 g/mol. The number of hydrogen-bond acceptors (Lipinski definition) is 4. The Hall–Kier alpha value is -1.82. The molecule has 1 aromatic heterocycles. The SMILES string of the molecule is Cc1ccc(Oc2ccc(NC(=O)CC3CCCN3)cn2)cc1.Cl.Cl. The number of carbonyl (C=O) groups is 1. The minimum Gasteiger partial charge on any atom is -0.439 e. The van der Waals surface area contributed by atoms with Crippen molar-refractivity contribution in [2.45, 2.75) is 32.2 Å². The van der Waals surface area contributed by atoms with Crippen LogP contribution < -0.4 is 15.4 Å². The number of halogens is 2. The van der Waals surface area contributed by atoms with Gasteiger partial charge in [-0.2, -0.15) is 0 Å². The van der Waals surface area contributed by atoms with Crippen molar-refractivity contribution in [3.8, 4) is 11.6 Å². The lowest BCUT2D eigenvalue weighted by molar-refractivity contribution is -0.116. The Bertz CT molecular complexity index is 657. The summed E-state index contributed by atoms with van der Waals surface area (Å²) in [6, 6.07) is 11.6. The fourth-order valence-corrected chi connectivity index (χ4v) is 2.61. The molecule has 0 saturated carbocycles. The van der Waals surface area contributed by atoms with Gasteiger partial charge < -0.3 is 15.4 Å². The molecule has 5 nitrogen and oxygen atoms in total. The number of carbonyl (C=O) groups excluding carboxylic acids is 1. The second-order valence-corrected chi connectivity index (χ2v) is 5.85. The van der Waals surface area contributed by atoms with Gasteiger partial charge in [-0.25, -0.2) is 4.98 Å². The molecule has 136 valence electrons. The van der Waals surface area contributed by atoms with Gasteiger partial charge in [0.25, 0.3) is 0 Å². The summed E-state index contributed by atoms with van der Waals surface area (Å²) in [7, 11) is 0. The summed E-state index contributed by atoms with van der Waals surface area (Å²) in [4.78, 5) is 16.2. The van der Waals surface area contributed by atoms with Crippen LogP contribution in [-0.4, -0.2) is 23.5 Å². The highest BCUT2D eigenvalue weighted by atomic mass is 35.5. The van der Waals surface area contributed by atoms with E-state index in [0.29, 0.717) is 24.0 Å². The molecule has 25 heavy (non-hydrogen) atoms. The molecule has 0 aliphatic carbocycles. The quantitative estimate of drug-likeness (QED) is 0.815. The summed E-state index contributed by atoms with van der Waals surface area (Å²) in [5.41, 5.74) is 1.87. The number of amides is 1. The van der Waals surface area contributed by atoms with Crippen molar-refractivity contribution in [3.05, 3.63) is 48.2 Å². The number of nitrogens with zero attached hydrogens (tertiary/aromatic N) is 1. The van der Waals surface area contributed by atoms with E-state index in [0.717, 1.165) is 25.1 Å². The molecule has 1 atom stereocenters. The molecule has 1 amide bonds. The average molecular weight is 384 g/mol. The molecule has 1 aliphatic rings. The van der Waals surface area contributed by atoms with E-state index >= 15 is 0 Å². The zero-order valence-corrected chi connectivity index (χ0v) is 15.7. The van der Waals surface area contributed by atoms with Crippen molar-refractivity contribution < 1.29 is 9.53 Å². The maximum Gasteiger partial charge on any atom is 0.225 e. The van der Waals surface area contributed by atoms with Crippen LogP contribution in [0.2, 0.25) is 0 Å². The topological polar surface area (TPSA) is 63.2 Å². The molecule has 0 bridgehead atoms. The minimum absolute atomic E-state index is 0. The zero-order chi connectivity index (χ0) is 16.1. The van der Waals surface area contributed by atoms with Gasteiger partial charge in [-0.15, -0.1) is 24.8 Å². The second-order valence-electron chi connectivity index (χ2n) is 5.85. The molecule has 2 aromatic rings. The summed E-state index contributed by atoms with van der Waals surface area (Å²) in [5, 5.41) is 6.19. The van der Waals surface area contributed by atoms with Gasteiger partial charge in [-0.3, -0.25) is 4.79 Å². The highest BCUT2D eigenvalue weighted by Crippen LogP contribution is 2.21. The van der Waals surface area contributed by atoms with Gasteiger partial charge in [0.1, 0.15) is 5.75 Å². The molecule has 7 heteroatoms. The smallest absolute Gasteiger partial charge is 0.225 e. The lowest BCUT2D eigenvalue weighted by atomic mass is 10.1. The lowest BCUT2D eigenvalue weighted by Crippen LogP contribution is -2.27. The number of nitrogens with one attached hydrogen (secondary N) is 2. The number of rotatable bonds is 5. The third kappa shape index (κ3) is 6.53. The van der Waals surface area contributed by atoms with Crippen LogP contribution in [0.15, 0.2) is 42.6 Å². The maximum atomic E-state index is 12.0. The zero-order valence-electron chi connectivity index (χ0n) is 14.0. The van der Waals surface area contributed by atoms with E-state index in [2.05, 4.69) is 15.6 Å². The number of benzene rings is 1. The van der Waals surface area contributed by atoms with Crippen LogP contribution in [0.1, 0.15) is 24.8 Å². The largest absolute Gasteiger partial charge is 0.439 e. The molecule has 2 heterocycles. The first-order valence-corrected chi connectivity index (χ1v) is 7.93. The summed E-state index contributed by atoms with van der Waals surface area (Å²) in [6.45, 7) is 3.03. The summed E-state index contributed by atoms with van der Waals surface area (Å²) in [5.74, 6) is 1.26. The molecule has 2 N–H and O–H groups in total. The highest BCUT2D eigenvalue weighted by molar-refractivity contribution is 5.90. The number of pyridine rings is 1. The monoisotopic (exact) mass is 383 g/mol. The minimum atomic E-state index is 0. The predicted molar refractivity (Wildman–Crippen MR) is 104 cm³/mol. The molecule has 3 rings (SSSR count). The number of aromatic nitrogens is 1. The number of anilines is 1. The standard InChI is InChI=1S/C18H21N3O2.2ClH/c1-13-4-7-16(8-5-13)23-18-9-6-15(12-20-18)21-17(22)11-14-3-2-10-19-14;;/h4-9,12,14,19H,2-3,10-11H2,1H3,(H,21,22);2*1H. The summed E-state index contributed by atoms with van der Waals surface area (Å²) in [6.07, 6.45) is 4.32. The van der Waals surface area contributed by atoms with E-state index in [1.807, 2.05) is 31.2 Å². The van der Waals surface area contributed by atoms with E-state index in [-0.39, 0.29) is 30.7 Å². The van der Waals surface area contributed by atoms with Crippen LogP contribution in [0.3, 0.4) is 0 Å². The molecule has 0 spiro atoms. The van der Waals surface area contributed by atoms with Gasteiger partial charge in [-0.1, -0.05) is 17.7 Å². The van der Waals surface area contributed by atoms with E-state index in [4.69, 9.17) is 4.74 Å². The highest BCUT2D eigenvalue weighted by Gasteiger charge is 2.17. The van der Waals surface area contributed by atoms with E-state index in [9.17, 15) is 4.79 Å². The van der Waals surface area contributed by atoms with Crippen LogP contribution >= 0.6 is 24.8 Å². The van der Waals surface area contributed by atoms with Gasteiger partial charge in [0, 0.05) is 18.5 Å². The first kappa shape index (κ1) is 21.2. The van der Waals surface area contributed by atoms with E-state index < -0.39 is 0 Å². The Balaban J connectivity index is 0.00000156. The van der Waals surface area contributed by atoms with Crippen molar-refractivity contribution in [1.82, 2.24) is 10.3 Å². The molecule has 1 saturated heterocycles. The second kappa shape index (κ2) is 10.2. The van der Waals surface area contributed by atoms with E-state index in [1.54, 1.807) is 18.3 Å². The summed E-state index contributed by atoms with van der Waals surface area (Å²) < 4.78 is 5.67. The first-order chi connectivity index (χ1) is 11.2. The van der Waals surface area contributed by atoms with Gasteiger partial charge in [0.2, 0.25) is 11.8 Å². The van der Waals surface area contributed by atoms with Crippen LogP contribution in [0.4, 0.5) is 5.69 Å². The Labute approximate surface area is 160 Å². The van der Waals surface area contributed by atoms with Crippen molar-refractivity contribution in [3.63, 3.8) is 0 Å². The molecule has 1 aromatic carbocycles. The van der Waals surface area contributed by atoms with Gasteiger partial charge >= 0.3 is 0 Å². The predicted octanol–water partition coefficient (Wildman–Crippen LogP) is 4.11. The normalized spacial score (nSPS) is 15.6. The maximum absolute atomic E-state index is 12.0. The lowest BCUT2D eigenvalue weighted by Gasteiger charge is -2.10. The number of hydrogen-bond donors (Lipinski definition) is 2. The summed E-state index contributed by atoms with van der Waals surface area (Å²) >= 11 is 0. The third-order valence-electron chi connectivity index (χ3n) is 3.86. The van der Waals surface area contributed by atoms with Crippen molar-refractivity contribution in [2.24, 2.45) is 0 Å². The van der Waals surface area contributed by atoms with Crippen molar-refractivity contribution >= 4 is 36.4 Å². The fraction of sp³-hybridized carbons (Fsp3) is 0.333.